The number of aromatic nitrogens is 1. The number of benzene rings is 2. The van der Waals surface area contributed by atoms with E-state index in [-0.39, 0.29) is 23.6 Å². The molecule has 3 amide bonds. The minimum Gasteiger partial charge on any atom is -0.369 e. The molecule has 2 aliphatic heterocycles. The third-order valence-corrected chi connectivity index (χ3v) is 9.36. The van der Waals surface area contributed by atoms with Gasteiger partial charge in [0.05, 0.1) is 5.56 Å². The number of rotatable bonds is 7. The highest BCUT2D eigenvalue weighted by molar-refractivity contribution is 7.08. The van der Waals surface area contributed by atoms with E-state index in [1.807, 2.05) is 58.3 Å². The lowest BCUT2D eigenvalue weighted by molar-refractivity contribution is -0.123. The van der Waals surface area contributed by atoms with Crippen molar-refractivity contribution in [3.05, 3.63) is 87.2 Å². The topological polar surface area (TPSA) is 103 Å². The number of nitrogens with two attached hydrogens (primary N) is 1. The van der Waals surface area contributed by atoms with Crippen molar-refractivity contribution in [2.45, 2.75) is 32.1 Å². The van der Waals surface area contributed by atoms with E-state index in [2.05, 4.69) is 36.1 Å². The fourth-order valence-corrected chi connectivity index (χ4v) is 7.06. The lowest BCUT2D eigenvalue weighted by Gasteiger charge is -2.36. The number of primary amides is 1. The molecule has 0 spiro atoms. The second-order valence-corrected chi connectivity index (χ2v) is 13.2. The number of H-pyrrole nitrogens is 1. The van der Waals surface area contributed by atoms with Gasteiger partial charge in [0.1, 0.15) is 0 Å². The Morgan fingerprint density at radius 1 is 1.09 bits per heavy atom. The number of nitrogens with zero attached hydrogens (tertiary/aromatic N) is 3. The van der Waals surface area contributed by atoms with Gasteiger partial charge in [-0.05, 0) is 92.5 Å². The van der Waals surface area contributed by atoms with Crippen LogP contribution < -0.4 is 10.6 Å². The van der Waals surface area contributed by atoms with Crippen LogP contribution in [0.15, 0.2) is 65.5 Å². The summed E-state index contributed by atoms with van der Waals surface area (Å²) in [5.41, 5.74) is 10.5. The van der Waals surface area contributed by atoms with Crippen LogP contribution in [0.1, 0.15) is 40.7 Å². The average Bonchev–Trinajstić information content (AvgIpc) is 3.70. The molecule has 0 radical (unpaired) electrons. The monoisotopic (exact) mass is 633 g/mol. The van der Waals surface area contributed by atoms with Crippen LogP contribution in [0.5, 0.6) is 0 Å². The number of halogens is 1. The first-order chi connectivity index (χ1) is 21.2. The maximum Gasteiger partial charge on any atom is 0.254 e. The molecule has 3 N–H and O–H groups in total. The Hall–Kier alpha value is -3.66. The summed E-state index contributed by atoms with van der Waals surface area (Å²) in [7, 11) is 4.16. The molecule has 6 rings (SSSR count). The van der Waals surface area contributed by atoms with Gasteiger partial charge in [0, 0.05) is 71.7 Å². The number of likely N-dealkylation sites (tertiary alicyclic amines) is 1. The zero-order valence-corrected chi connectivity index (χ0v) is 26.9. The van der Waals surface area contributed by atoms with Gasteiger partial charge in [0.15, 0.2) is 0 Å². The molecule has 2 aliphatic rings. The fourth-order valence-electron chi connectivity index (χ4n) is 6.24. The summed E-state index contributed by atoms with van der Waals surface area (Å²) in [4.78, 5) is 45.4. The number of hydrogen-bond donors (Lipinski definition) is 2. The number of aryl methyl sites for hydroxylation is 1. The maximum atomic E-state index is 13.2. The predicted molar refractivity (Wildman–Crippen MR) is 178 cm³/mol. The highest BCUT2D eigenvalue weighted by atomic mass is 35.5. The van der Waals surface area contributed by atoms with Crippen molar-refractivity contribution in [1.82, 2.24) is 14.8 Å². The van der Waals surface area contributed by atoms with E-state index in [1.54, 1.807) is 4.90 Å². The highest BCUT2D eigenvalue weighted by Crippen LogP contribution is 2.33. The van der Waals surface area contributed by atoms with Gasteiger partial charge in [-0.25, -0.2) is 0 Å². The van der Waals surface area contributed by atoms with Crippen molar-refractivity contribution in [3.63, 3.8) is 0 Å². The summed E-state index contributed by atoms with van der Waals surface area (Å²) >= 11 is 7.74. The van der Waals surface area contributed by atoms with E-state index in [0.717, 1.165) is 47.7 Å². The van der Waals surface area contributed by atoms with Crippen molar-refractivity contribution in [2.75, 3.05) is 45.2 Å². The lowest BCUT2D eigenvalue weighted by atomic mass is 9.91. The number of anilines is 1. The summed E-state index contributed by atoms with van der Waals surface area (Å²) in [5, 5.41) is 5.67. The number of aromatic amines is 1. The van der Waals surface area contributed by atoms with Crippen molar-refractivity contribution in [3.8, 4) is 0 Å². The fraction of sp³-hybridized carbons (Fsp3) is 0.382. The van der Waals surface area contributed by atoms with Gasteiger partial charge in [-0.15, -0.1) is 0 Å². The second kappa shape index (κ2) is 14.4. The summed E-state index contributed by atoms with van der Waals surface area (Å²) in [6.45, 7) is 2.97. The van der Waals surface area contributed by atoms with Crippen molar-refractivity contribution < 1.29 is 14.4 Å². The number of fused-ring (bicyclic) bond motifs is 2. The number of para-hydroxylation sites is 1. The first-order valence-corrected chi connectivity index (χ1v) is 16.4. The molecule has 10 heteroatoms. The van der Waals surface area contributed by atoms with Crippen molar-refractivity contribution >= 4 is 57.2 Å². The summed E-state index contributed by atoms with van der Waals surface area (Å²) in [6.07, 6.45) is 5.59. The molecule has 4 aromatic rings. The Labute approximate surface area is 267 Å². The van der Waals surface area contributed by atoms with E-state index in [9.17, 15) is 14.4 Å². The van der Waals surface area contributed by atoms with Gasteiger partial charge >= 0.3 is 0 Å². The van der Waals surface area contributed by atoms with Crippen LogP contribution in [0.25, 0.3) is 10.9 Å². The Kier molecular flexibility index (Phi) is 10.4. The molecule has 1 unspecified atom stereocenters. The van der Waals surface area contributed by atoms with E-state index in [1.165, 1.54) is 27.8 Å². The molecule has 1 fully saturated rings. The molecule has 8 nitrogen and oxygen atoms in total. The van der Waals surface area contributed by atoms with Gasteiger partial charge in [0.2, 0.25) is 11.8 Å². The number of nitrogens with one attached hydrogen (secondary N) is 1. The first kappa shape index (κ1) is 31.8. The summed E-state index contributed by atoms with van der Waals surface area (Å²) in [5.74, 6) is 0.341. The van der Waals surface area contributed by atoms with Gasteiger partial charge in [-0.2, -0.15) is 11.3 Å². The van der Waals surface area contributed by atoms with E-state index >= 15 is 0 Å². The maximum absolute atomic E-state index is 13.2. The van der Waals surface area contributed by atoms with Crippen molar-refractivity contribution in [1.29, 1.82) is 0 Å². The quantitative estimate of drug-likeness (QED) is 0.276. The number of carbonyl (C=O) groups excluding carboxylic acids is 3. The number of piperidine rings is 1. The SMILES string of the molecule is CN(C)CC1Cc2cc(Cl)ccc2N(C(=O)CCc2c[nH]c3ccccc23)C1.NC(=O)C1CCN(C(=O)c2ccsc2)CC1. The van der Waals surface area contributed by atoms with Crippen molar-refractivity contribution in [2.24, 2.45) is 17.6 Å². The number of thiophene rings is 1. The Morgan fingerprint density at radius 2 is 1.86 bits per heavy atom. The second-order valence-electron chi connectivity index (χ2n) is 12.0. The molecule has 1 atom stereocenters. The molecule has 1 saturated heterocycles. The Balaban J connectivity index is 0.000000204. The molecular weight excluding hydrogens is 594 g/mol. The minimum absolute atomic E-state index is 0.0594. The van der Waals surface area contributed by atoms with E-state index in [4.69, 9.17) is 17.3 Å². The molecule has 44 heavy (non-hydrogen) atoms. The lowest BCUT2D eigenvalue weighted by Crippen LogP contribution is -2.43. The standard InChI is InChI=1S/C23H26ClN3O.C11H14N2O2S/c1-26(2)14-16-11-18-12-19(24)8-9-22(18)27(15-16)23(28)10-7-17-13-25-21-6-4-3-5-20(17)21;12-10(14)8-1-4-13(5-2-8)11(15)9-3-6-16-7-9/h3-6,8-9,12-13,16,25H,7,10-11,14-15H2,1-2H3;3,6-8H,1-2,4-5H2,(H2,12,14). The zero-order valence-electron chi connectivity index (χ0n) is 25.3. The Bertz CT molecular complexity index is 1590. The van der Waals surface area contributed by atoms with Crippen LogP contribution >= 0.6 is 22.9 Å². The van der Waals surface area contributed by atoms with Crippen LogP contribution in [0.3, 0.4) is 0 Å². The third kappa shape index (κ3) is 7.70. The molecule has 2 aromatic heterocycles. The molecule has 0 aliphatic carbocycles. The molecule has 0 bridgehead atoms. The summed E-state index contributed by atoms with van der Waals surface area (Å²) < 4.78 is 0. The molecule has 232 valence electrons. The highest BCUT2D eigenvalue weighted by Gasteiger charge is 2.29. The minimum atomic E-state index is -0.248. The van der Waals surface area contributed by atoms with Crippen LogP contribution in [-0.2, 0) is 22.4 Å². The smallest absolute Gasteiger partial charge is 0.254 e. The molecule has 2 aromatic carbocycles. The first-order valence-electron chi connectivity index (χ1n) is 15.1. The van der Waals surface area contributed by atoms with Crippen LogP contribution in [0.4, 0.5) is 5.69 Å². The normalized spacial score (nSPS) is 16.9. The largest absolute Gasteiger partial charge is 0.369 e. The Morgan fingerprint density at radius 3 is 2.57 bits per heavy atom. The van der Waals surface area contributed by atoms with Crippen LogP contribution in [0, 0.1) is 11.8 Å². The molecule has 0 saturated carbocycles. The van der Waals surface area contributed by atoms with E-state index < -0.39 is 0 Å². The molecule has 4 heterocycles. The van der Waals surface area contributed by atoms with Gasteiger partial charge < -0.3 is 25.4 Å². The predicted octanol–water partition coefficient (Wildman–Crippen LogP) is 5.61. The average molecular weight is 634 g/mol. The molecular formula is C34H40ClN5O3S. The summed E-state index contributed by atoms with van der Waals surface area (Å²) in [6, 6.07) is 16.0. The van der Waals surface area contributed by atoms with E-state index in [0.29, 0.717) is 38.3 Å². The number of carbonyl (C=O) groups is 3. The van der Waals surface area contributed by atoms with Gasteiger partial charge in [-0.3, -0.25) is 14.4 Å². The van der Waals surface area contributed by atoms with Crippen LogP contribution in [0.2, 0.25) is 5.02 Å². The van der Waals surface area contributed by atoms with Gasteiger partial charge in [0.25, 0.3) is 5.91 Å². The number of amides is 3. The zero-order chi connectivity index (χ0) is 31.2. The third-order valence-electron chi connectivity index (χ3n) is 8.44. The van der Waals surface area contributed by atoms with Gasteiger partial charge in [-0.1, -0.05) is 29.8 Å². The van der Waals surface area contributed by atoms with Crippen LogP contribution in [-0.4, -0.2) is 72.8 Å². The number of hydrogen-bond acceptors (Lipinski definition) is 5.